The lowest BCUT2D eigenvalue weighted by Crippen LogP contribution is -2.70. The third-order valence-corrected chi connectivity index (χ3v) is 8.70. The van der Waals surface area contributed by atoms with E-state index in [0.717, 1.165) is 44.2 Å². The molecule has 4 nitrogen and oxygen atoms in total. The number of halogens is 1. The Morgan fingerprint density at radius 1 is 0.812 bits per heavy atom. The molecule has 0 radical (unpaired) electrons. The van der Waals surface area contributed by atoms with E-state index < -0.39 is 0 Å². The molecule has 5 aliphatic heterocycles. The molecule has 1 N–H and O–H groups in total. The van der Waals surface area contributed by atoms with E-state index >= 15 is 0 Å². The van der Waals surface area contributed by atoms with Gasteiger partial charge in [-0.3, -0.25) is 9.80 Å². The summed E-state index contributed by atoms with van der Waals surface area (Å²) in [5, 5.41) is 9.90. The van der Waals surface area contributed by atoms with Gasteiger partial charge in [0.1, 0.15) is 0 Å². The Morgan fingerprint density at radius 2 is 1.44 bits per heavy atom. The van der Waals surface area contributed by atoms with E-state index in [-0.39, 0.29) is 17.7 Å². The highest BCUT2D eigenvalue weighted by Crippen LogP contribution is 2.54. The Balaban J connectivity index is 1.51. The molecule has 1 unspecified atom stereocenters. The average Bonchev–Trinajstić information content (AvgIpc) is 2.83. The summed E-state index contributed by atoms with van der Waals surface area (Å²) in [5.41, 5.74) is 3.17. The van der Waals surface area contributed by atoms with Gasteiger partial charge in [-0.2, -0.15) is 0 Å². The molecular weight excluding hydrogens is 420 g/mol. The predicted molar refractivity (Wildman–Crippen MR) is 129 cm³/mol. The summed E-state index contributed by atoms with van der Waals surface area (Å²) < 4.78 is 5.73. The Labute approximate surface area is 197 Å². The fourth-order valence-corrected chi connectivity index (χ4v) is 6.95. The van der Waals surface area contributed by atoms with Gasteiger partial charge in [0.25, 0.3) is 0 Å². The Kier molecular flexibility index (Phi) is 6.60. The molecule has 0 spiro atoms. The molecule has 1 atom stereocenters. The van der Waals surface area contributed by atoms with Crippen LogP contribution in [-0.4, -0.2) is 72.0 Å². The summed E-state index contributed by atoms with van der Waals surface area (Å²) in [6, 6.07) is 19.7. The second-order valence-corrected chi connectivity index (χ2v) is 10.2. The SMILES string of the molecule is OCCOCCC12CCC(C(c3ccccc3)c3ccc(Cl)cc3)(CC1)N1CCN2CC1. The number of aliphatic hydroxyl groups is 1. The minimum absolute atomic E-state index is 0.106. The highest BCUT2D eigenvalue weighted by Gasteiger charge is 2.55. The lowest BCUT2D eigenvalue weighted by Gasteiger charge is -2.64. The molecular formula is C27H35ClN2O2. The highest BCUT2D eigenvalue weighted by molar-refractivity contribution is 6.30. The number of piperazine rings is 1. The quantitative estimate of drug-likeness (QED) is 0.593. The molecule has 0 amide bonds. The maximum Gasteiger partial charge on any atom is 0.0697 e. The first-order valence-electron chi connectivity index (χ1n) is 12.2. The molecule has 2 aromatic rings. The van der Waals surface area contributed by atoms with E-state index in [4.69, 9.17) is 21.4 Å². The summed E-state index contributed by atoms with van der Waals surface area (Å²) in [6.45, 7) is 5.85. The van der Waals surface area contributed by atoms with Crippen LogP contribution in [-0.2, 0) is 4.74 Å². The van der Waals surface area contributed by atoms with Crippen LogP contribution < -0.4 is 0 Å². The van der Waals surface area contributed by atoms with Crippen molar-refractivity contribution in [3.05, 3.63) is 70.7 Å². The maximum atomic E-state index is 9.10. The van der Waals surface area contributed by atoms with Gasteiger partial charge in [-0.25, -0.2) is 0 Å². The number of aliphatic hydroxyl groups excluding tert-OH is 1. The van der Waals surface area contributed by atoms with Crippen molar-refractivity contribution in [1.29, 1.82) is 0 Å². The van der Waals surface area contributed by atoms with Crippen molar-refractivity contribution in [1.82, 2.24) is 9.80 Å². The zero-order valence-corrected chi connectivity index (χ0v) is 19.6. The Hall–Kier alpha value is -1.43. The summed E-state index contributed by atoms with van der Waals surface area (Å²) in [6.07, 6.45) is 5.89. The van der Waals surface area contributed by atoms with Crippen LogP contribution in [0.15, 0.2) is 54.6 Å². The van der Waals surface area contributed by atoms with E-state index in [1.54, 1.807) is 0 Å². The van der Waals surface area contributed by atoms with Gasteiger partial charge in [0.15, 0.2) is 0 Å². The van der Waals surface area contributed by atoms with Gasteiger partial charge in [-0.1, -0.05) is 54.1 Å². The Bertz CT molecular complexity index is 872. The van der Waals surface area contributed by atoms with Gasteiger partial charge in [-0.05, 0) is 55.4 Å². The van der Waals surface area contributed by atoms with E-state index in [0.29, 0.717) is 12.5 Å². The summed E-state index contributed by atoms with van der Waals surface area (Å²) in [4.78, 5) is 5.58. The molecule has 6 fully saturated rings. The normalized spacial score (nSPS) is 32.4. The van der Waals surface area contributed by atoms with Gasteiger partial charge in [0.2, 0.25) is 0 Å². The minimum atomic E-state index is 0.106. The van der Waals surface area contributed by atoms with Crippen LogP contribution >= 0.6 is 11.6 Å². The Morgan fingerprint density at radius 3 is 2.09 bits per heavy atom. The van der Waals surface area contributed by atoms with Crippen LogP contribution in [0.2, 0.25) is 5.02 Å². The fraction of sp³-hybridized carbons (Fsp3) is 0.556. The molecule has 6 aliphatic rings. The highest BCUT2D eigenvalue weighted by atomic mass is 35.5. The second kappa shape index (κ2) is 9.44. The van der Waals surface area contributed by atoms with Crippen molar-refractivity contribution in [3.8, 4) is 0 Å². The number of hydrogen-bond donors (Lipinski definition) is 1. The zero-order chi connectivity index (χ0) is 22.0. The van der Waals surface area contributed by atoms with Crippen LogP contribution in [0, 0.1) is 0 Å². The minimum Gasteiger partial charge on any atom is -0.394 e. The first kappa shape index (κ1) is 22.4. The number of rotatable bonds is 8. The van der Waals surface area contributed by atoms with Crippen molar-refractivity contribution in [2.24, 2.45) is 0 Å². The number of nitrogens with zero attached hydrogens (tertiary/aromatic N) is 2. The molecule has 172 valence electrons. The van der Waals surface area contributed by atoms with Gasteiger partial charge >= 0.3 is 0 Å². The molecule has 5 heteroatoms. The van der Waals surface area contributed by atoms with Gasteiger partial charge in [0, 0.05) is 54.8 Å². The topological polar surface area (TPSA) is 35.9 Å². The molecule has 2 aromatic carbocycles. The van der Waals surface area contributed by atoms with Gasteiger partial charge in [-0.15, -0.1) is 0 Å². The van der Waals surface area contributed by atoms with Crippen molar-refractivity contribution in [3.63, 3.8) is 0 Å². The summed E-state index contributed by atoms with van der Waals surface area (Å²) in [7, 11) is 0. The van der Waals surface area contributed by atoms with Crippen LogP contribution in [0.3, 0.4) is 0 Å². The standard InChI is InChI=1S/C27H35ClN2O2/c28-24-8-6-23(7-9-24)25(22-4-2-1-3-5-22)27-12-10-26(11-13-27,14-20-32-21-19-31)29-15-17-30(27)18-16-29/h1-9,25,31H,10-21H2. The van der Waals surface area contributed by atoms with E-state index in [9.17, 15) is 0 Å². The first-order chi connectivity index (χ1) is 15.7. The molecule has 5 heterocycles. The van der Waals surface area contributed by atoms with E-state index in [2.05, 4.69) is 64.4 Å². The predicted octanol–water partition coefficient (Wildman–Crippen LogP) is 4.55. The molecule has 32 heavy (non-hydrogen) atoms. The maximum absolute atomic E-state index is 9.10. The molecule has 8 rings (SSSR count). The smallest absolute Gasteiger partial charge is 0.0697 e. The number of benzene rings is 2. The van der Waals surface area contributed by atoms with E-state index in [1.165, 1.54) is 36.8 Å². The van der Waals surface area contributed by atoms with Crippen molar-refractivity contribution in [2.45, 2.75) is 49.1 Å². The van der Waals surface area contributed by atoms with Crippen LogP contribution in [0.1, 0.15) is 49.1 Å². The lowest BCUT2D eigenvalue weighted by atomic mass is 9.60. The second-order valence-electron chi connectivity index (χ2n) is 9.78. The van der Waals surface area contributed by atoms with Gasteiger partial charge in [0.05, 0.1) is 13.2 Å². The first-order valence-corrected chi connectivity index (χ1v) is 12.5. The van der Waals surface area contributed by atoms with Gasteiger partial charge < -0.3 is 9.84 Å². The molecule has 1 aliphatic carbocycles. The third-order valence-electron chi connectivity index (χ3n) is 8.45. The monoisotopic (exact) mass is 454 g/mol. The molecule has 1 saturated carbocycles. The molecule has 4 bridgehead atoms. The number of ether oxygens (including phenoxy) is 1. The van der Waals surface area contributed by atoms with Crippen LogP contribution in [0.25, 0.3) is 0 Å². The molecule has 0 aromatic heterocycles. The van der Waals surface area contributed by atoms with Crippen molar-refractivity contribution < 1.29 is 9.84 Å². The molecule has 5 saturated heterocycles. The lowest BCUT2D eigenvalue weighted by molar-refractivity contribution is -0.117. The zero-order valence-electron chi connectivity index (χ0n) is 18.9. The van der Waals surface area contributed by atoms with E-state index in [1.807, 2.05) is 0 Å². The summed E-state index contributed by atoms with van der Waals surface area (Å²) >= 11 is 6.28. The van der Waals surface area contributed by atoms with Crippen molar-refractivity contribution >= 4 is 11.6 Å². The van der Waals surface area contributed by atoms with Crippen molar-refractivity contribution in [2.75, 3.05) is 46.0 Å². The fourth-order valence-electron chi connectivity index (χ4n) is 6.83. The van der Waals surface area contributed by atoms with Crippen LogP contribution in [0.4, 0.5) is 0 Å². The van der Waals surface area contributed by atoms with Crippen LogP contribution in [0.5, 0.6) is 0 Å². The third kappa shape index (κ3) is 4.01. The number of hydrogen-bond acceptors (Lipinski definition) is 4. The largest absolute Gasteiger partial charge is 0.394 e. The average molecular weight is 455 g/mol. The summed E-state index contributed by atoms with van der Waals surface area (Å²) in [5.74, 6) is 0.342.